The Hall–Kier alpha value is -2.45. The molecule has 0 aliphatic carbocycles. The lowest BCUT2D eigenvalue weighted by Gasteiger charge is -2.35. The van der Waals surface area contributed by atoms with Gasteiger partial charge in [-0.3, -0.25) is 14.5 Å². The third kappa shape index (κ3) is 6.53. The van der Waals surface area contributed by atoms with E-state index < -0.39 is 12.1 Å². The topological polar surface area (TPSA) is 75.6 Å². The van der Waals surface area contributed by atoms with Crippen molar-refractivity contribution in [2.24, 2.45) is 0 Å². The van der Waals surface area contributed by atoms with Crippen LogP contribution in [0.25, 0.3) is 0 Å². The largest absolute Gasteiger partial charge is 0.452 e. The van der Waals surface area contributed by atoms with Gasteiger partial charge in [-0.25, -0.2) is 9.97 Å². The highest BCUT2D eigenvalue weighted by molar-refractivity contribution is 7.99. The minimum atomic E-state index is -0.793. The van der Waals surface area contributed by atoms with Crippen molar-refractivity contribution in [3.8, 4) is 0 Å². The van der Waals surface area contributed by atoms with Gasteiger partial charge in [-0.15, -0.1) is 0 Å². The van der Waals surface area contributed by atoms with E-state index in [-0.39, 0.29) is 11.7 Å². The number of carbonyl (C=O) groups excluding carboxylic acids is 2. The Morgan fingerprint density at radius 1 is 1.07 bits per heavy atom. The molecule has 0 radical (unpaired) electrons. The van der Waals surface area contributed by atoms with E-state index in [1.54, 1.807) is 11.8 Å². The number of benzene rings is 1. The van der Waals surface area contributed by atoms with Crippen molar-refractivity contribution in [3.05, 3.63) is 53.3 Å². The summed E-state index contributed by atoms with van der Waals surface area (Å²) in [6, 6.07) is 12.2. The summed E-state index contributed by atoms with van der Waals surface area (Å²) in [5.41, 5.74) is 2.98. The van der Waals surface area contributed by atoms with Crippen LogP contribution in [0.2, 0.25) is 0 Å². The SMILES string of the molecule is Cc1cc(C)nc(SCC(=O)OC(C)C(=O)N2CCN(Cc3ccccc3)CC2)n1. The number of esters is 1. The third-order valence-corrected chi connectivity index (χ3v) is 5.69. The normalized spacial score (nSPS) is 15.6. The molecule has 1 saturated heterocycles. The zero-order chi connectivity index (χ0) is 21.5. The molecule has 1 aliphatic rings. The Labute approximate surface area is 181 Å². The standard InChI is InChI=1S/C22H28N4O3S/c1-16-13-17(2)24-22(23-16)30-15-20(27)29-18(3)21(28)26-11-9-25(10-12-26)14-19-7-5-4-6-8-19/h4-8,13,18H,9-12,14-15H2,1-3H3. The monoisotopic (exact) mass is 428 g/mol. The first-order valence-electron chi connectivity index (χ1n) is 10.1. The number of thioether (sulfide) groups is 1. The number of piperazine rings is 1. The number of ether oxygens (including phenoxy) is 1. The van der Waals surface area contributed by atoms with E-state index in [1.165, 1.54) is 17.3 Å². The van der Waals surface area contributed by atoms with Gasteiger partial charge >= 0.3 is 5.97 Å². The molecule has 1 atom stereocenters. The van der Waals surface area contributed by atoms with Gasteiger partial charge < -0.3 is 9.64 Å². The number of aryl methyl sites for hydroxylation is 2. The highest BCUT2D eigenvalue weighted by atomic mass is 32.2. The molecule has 1 aliphatic heterocycles. The minimum absolute atomic E-state index is 0.0748. The van der Waals surface area contributed by atoms with E-state index in [9.17, 15) is 9.59 Å². The van der Waals surface area contributed by atoms with Crippen LogP contribution in [0.4, 0.5) is 0 Å². The Morgan fingerprint density at radius 2 is 1.70 bits per heavy atom. The molecule has 1 fully saturated rings. The summed E-state index contributed by atoms with van der Waals surface area (Å²) in [4.78, 5) is 37.5. The molecule has 1 amide bonds. The molecule has 1 unspecified atom stereocenters. The second-order valence-corrected chi connectivity index (χ2v) is 8.38. The number of hydrogen-bond donors (Lipinski definition) is 0. The number of hydrogen-bond acceptors (Lipinski definition) is 7. The van der Waals surface area contributed by atoms with Crippen molar-refractivity contribution >= 4 is 23.6 Å². The van der Waals surface area contributed by atoms with Crippen LogP contribution in [-0.2, 0) is 20.9 Å². The average Bonchev–Trinajstić information content (AvgIpc) is 2.72. The lowest BCUT2D eigenvalue weighted by Crippen LogP contribution is -2.51. The first-order valence-corrected chi connectivity index (χ1v) is 11.1. The summed E-state index contributed by atoms with van der Waals surface area (Å²) in [5.74, 6) is -0.507. The van der Waals surface area contributed by atoms with E-state index >= 15 is 0 Å². The van der Waals surface area contributed by atoms with Crippen molar-refractivity contribution in [3.63, 3.8) is 0 Å². The van der Waals surface area contributed by atoms with Crippen molar-refractivity contribution in [2.45, 2.75) is 38.6 Å². The average molecular weight is 429 g/mol. The van der Waals surface area contributed by atoms with Crippen LogP contribution in [-0.4, -0.2) is 69.7 Å². The molecule has 30 heavy (non-hydrogen) atoms. The van der Waals surface area contributed by atoms with E-state index in [0.717, 1.165) is 31.0 Å². The Balaban J connectivity index is 1.41. The van der Waals surface area contributed by atoms with E-state index in [1.807, 2.05) is 38.1 Å². The van der Waals surface area contributed by atoms with Crippen molar-refractivity contribution < 1.29 is 14.3 Å². The summed E-state index contributed by atoms with van der Waals surface area (Å²) in [6.45, 7) is 9.17. The maximum Gasteiger partial charge on any atom is 0.317 e. The van der Waals surface area contributed by atoms with E-state index in [0.29, 0.717) is 18.2 Å². The van der Waals surface area contributed by atoms with Gasteiger partial charge in [-0.05, 0) is 32.4 Å². The molecule has 0 saturated carbocycles. The van der Waals surface area contributed by atoms with Crippen LogP contribution in [0.15, 0.2) is 41.6 Å². The molecule has 0 bridgehead atoms. The second kappa shape index (κ2) is 10.5. The summed E-state index contributed by atoms with van der Waals surface area (Å²) >= 11 is 1.22. The van der Waals surface area contributed by atoms with Crippen molar-refractivity contribution in [1.82, 2.24) is 19.8 Å². The predicted molar refractivity (Wildman–Crippen MR) is 116 cm³/mol. The number of nitrogens with zero attached hydrogens (tertiary/aromatic N) is 4. The van der Waals surface area contributed by atoms with Gasteiger partial charge in [0.2, 0.25) is 0 Å². The first-order chi connectivity index (χ1) is 14.4. The smallest absolute Gasteiger partial charge is 0.317 e. The molecular formula is C22H28N4O3S. The fourth-order valence-electron chi connectivity index (χ4n) is 3.39. The molecule has 2 aromatic rings. The molecular weight excluding hydrogens is 400 g/mol. The summed E-state index contributed by atoms with van der Waals surface area (Å²) in [7, 11) is 0. The van der Waals surface area contributed by atoms with Crippen molar-refractivity contribution in [2.75, 3.05) is 31.9 Å². The van der Waals surface area contributed by atoms with Gasteiger partial charge in [0, 0.05) is 44.1 Å². The van der Waals surface area contributed by atoms with Crippen LogP contribution in [0.3, 0.4) is 0 Å². The van der Waals surface area contributed by atoms with E-state index in [2.05, 4.69) is 27.0 Å². The number of rotatable bonds is 7. The maximum absolute atomic E-state index is 12.7. The Kier molecular flexibility index (Phi) is 7.81. The zero-order valence-electron chi connectivity index (χ0n) is 17.7. The second-order valence-electron chi connectivity index (χ2n) is 7.44. The van der Waals surface area contributed by atoms with Gasteiger partial charge in [0.15, 0.2) is 11.3 Å². The number of amides is 1. The lowest BCUT2D eigenvalue weighted by molar-refractivity contribution is -0.157. The fraction of sp³-hybridized carbons (Fsp3) is 0.455. The number of aromatic nitrogens is 2. The molecule has 3 rings (SSSR count). The van der Waals surface area contributed by atoms with Gasteiger partial charge in [0.05, 0.1) is 5.75 Å². The number of carbonyl (C=O) groups is 2. The summed E-state index contributed by atoms with van der Waals surface area (Å²) in [5, 5.41) is 0.540. The molecule has 1 aromatic carbocycles. The van der Waals surface area contributed by atoms with Crippen LogP contribution >= 0.6 is 11.8 Å². The molecule has 2 heterocycles. The first kappa shape index (κ1) is 22.2. The van der Waals surface area contributed by atoms with Crippen LogP contribution in [0.5, 0.6) is 0 Å². The van der Waals surface area contributed by atoms with Crippen LogP contribution in [0.1, 0.15) is 23.9 Å². The molecule has 0 N–H and O–H groups in total. The molecule has 8 heteroatoms. The Morgan fingerprint density at radius 3 is 2.33 bits per heavy atom. The highest BCUT2D eigenvalue weighted by Gasteiger charge is 2.27. The quantitative estimate of drug-likeness (QED) is 0.381. The maximum atomic E-state index is 12.7. The zero-order valence-corrected chi connectivity index (χ0v) is 18.5. The van der Waals surface area contributed by atoms with Gasteiger partial charge in [-0.2, -0.15) is 0 Å². The predicted octanol–water partition coefficient (Wildman–Crippen LogP) is 2.46. The van der Waals surface area contributed by atoms with E-state index in [4.69, 9.17) is 4.74 Å². The third-order valence-electron chi connectivity index (χ3n) is 4.87. The van der Waals surface area contributed by atoms with Gasteiger partial charge in [-0.1, -0.05) is 42.1 Å². The molecule has 1 aromatic heterocycles. The molecule has 0 spiro atoms. The Bertz CT molecular complexity index is 850. The fourth-order valence-corrected chi connectivity index (χ4v) is 4.12. The van der Waals surface area contributed by atoms with Crippen molar-refractivity contribution in [1.29, 1.82) is 0 Å². The van der Waals surface area contributed by atoms with Crippen LogP contribution < -0.4 is 0 Å². The minimum Gasteiger partial charge on any atom is -0.452 e. The highest BCUT2D eigenvalue weighted by Crippen LogP contribution is 2.15. The van der Waals surface area contributed by atoms with Gasteiger partial charge in [0.25, 0.3) is 5.91 Å². The van der Waals surface area contributed by atoms with Crippen LogP contribution in [0, 0.1) is 13.8 Å². The summed E-state index contributed by atoms with van der Waals surface area (Å²) < 4.78 is 5.35. The van der Waals surface area contributed by atoms with Gasteiger partial charge in [0.1, 0.15) is 0 Å². The lowest BCUT2D eigenvalue weighted by atomic mass is 10.2. The summed E-state index contributed by atoms with van der Waals surface area (Å²) in [6.07, 6.45) is -0.793. The molecule has 7 nitrogen and oxygen atoms in total. The molecule has 160 valence electrons.